The first-order valence-electron chi connectivity index (χ1n) is 5.57. The van der Waals surface area contributed by atoms with Crippen molar-refractivity contribution >= 4 is 21.9 Å². The van der Waals surface area contributed by atoms with Crippen LogP contribution in [-0.2, 0) is 13.0 Å². The molecule has 2 rings (SSSR count). The fourth-order valence-corrected chi connectivity index (χ4v) is 2.49. The number of guanidine groups is 1. The molecule has 4 nitrogen and oxygen atoms in total. The lowest BCUT2D eigenvalue weighted by Gasteiger charge is -2.12. The summed E-state index contributed by atoms with van der Waals surface area (Å²) in [5.41, 5.74) is 2.43. The normalized spacial score (nSPS) is 14.2. The number of hydrogen-bond donors (Lipinski definition) is 2. The molecule has 1 aromatic carbocycles. The Morgan fingerprint density at radius 3 is 3.06 bits per heavy atom. The van der Waals surface area contributed by atoms with Gasteiger partial charge in [-0.15, -0.1) is 0 Å². The standard InChI is InChI=1S/C12H16BrN3O/c1-14-12(15-2)16-7-9-6-10(13)5-8-3-4-17-11(8)9/h5-6H,3-4,7H2,1-2H3,(H2,14,15,16). The maximum atomic E-state index is 5.66. The van der Waals surface area contributed by atoms with Gasteiger partial charge in [0, 0.05) is 37.1 Å². The zero-order valence-electron chi connectivity index (χ0n) is 10.0. The van der Waals surface area contributed by atoms with E-state index in [4.69, 9.17) is 4.74 Å². The van der Waals surface area contributed by atoms with E-state index in [-0.39, 0.29) is 0 Å². The fraction of sp³-hybridized carbons (Fsp3) is 0.417. The van der Waals surface area contributed by atoms with Crippen LogP contribution >= 0.6 is 15.9 Å². The summed E-state index contributed by atoms with van der Waals surface area (Å²) in [5.74, 6) is 1.80. The Balaban J connectivity index is 2.16. The minimum Gasteiger partial charge on any atom is -0.493 e. The predicted octanol–water partition coefficient (Wildman–Crippen LogP) is 1.68. The second kappa shape index (κ2) is 5.40. The summed E-state index contributed by atoms with van der Waals surface area (Å²) in [6.45, 7) is 1.48. The maximum Gasteiger partial charge on any atom is 0.190 e. The Labute approximate surface area is 110 Å². The summed E-state index contributed by atoms with van der Waals surface area (Å²) < 4.78 is 6.76. The first-order chi connectivity index (χ1) is 8.24. The van der Waals surface area contributed by atoms with Crippen LogP contribution in [0.5, 0.6) is 5.75 Å². The highest BCUT2D eigenvalue weighted by atomic mass is 79.9. The lowest BCUT2D eigenvalue weighted by atomic mass is 10.1. The Kier molecular flexibility index (Phi) is 3.89. The van der Waals surface area contributed by atoms with Crippen LogP contribution in [0.1, 0.15) is 11.1 Å². The van der Waals surface area contributed by atoms with Crippen LogP contribution < -0.4 is 15.4 Å². The number of fused-ring (bicyclic) bond motifs is 1. The third kappa shape index (κ3) is 2.72. The average molecular weight is 298 g/mol. The molecule has 0 aromatic heterocycles. The summed E-state index contributed by atoms with van der Waals surface area (Å²) in [6.07, 6.45) is 0.989. The molecule has 0 saturated carbocycles. The molecule has 0 amide bonds. The van der Waals surface area contributed by atoms with Crippen LogP contribution in [0, 0.1) is 0 Å². The van der Waals surface area contributed by atoms with E-state index >= 15 is 0 Å². The minimum absolute atomic E-state index is 0.704. The summed E-state index contributed by atoms with van der Waals surface area (Å²) in [4.78, 5) is 4.08. The fourth-order valence-electron chi connectivity index (χ4n) is 1.94. The Bertz CT molecular complexity index is 446. The highest BCUT2D eigenvalue weighted by molar-refractivity contribution is 9.10. The first-order valence-corrected chi connectivity index (χ1v) is 6.36. The molecule has 17 heavy (non-hydrogen) atoms. The first kappa shape index (κ1) is 12.2. The van der Waals surface area contributed by atoms with E-state index in [0.717, 1.165) is 34.8 Å². The lowest BCUT2D eigenvalue weighted by molar-refractivity contribution is 0.353. The van der Waals surface area contributed by atoms with Gasteiger partial charge in [-0.3, -0.25) is 4.99 Å². The number of aliphatic imine (C=N–C) groups is 1. The molecule has 1 heterocycles. The van der Waals surface area contributed by atoms with Gasteiger partial charge in [0.1, 0.15) is 5.75 Å². The van der Waals surface area contributed by atoms with Crippen LogP contribution in [-0.4, -0.2) is 26.7 Å². The minimum atomic E-state index is 0.704. The van der Waals surface area contributed by atoms with Gasteiger partial charge in [0.25, 0.3) is 0 Å². The molecule has 0 fully saturated rings. The molecule has 1 aliphatic rings. The van der Waals surface area contributed by atoms with Gasteiger partial charge in [0.2, 0.25) is 0 Å². The molecule has 5 heteroatoms. The summed E-state index contributed by atoms with van der Waals surface area (Å²) >= 11 is 3.53. The highest BCUT2D eigenvalue weighted by Crippen LogP contribution is 2.32. The molecule has 0 unspecified atom stereocenters. The predicted molar refractivity (Wildman–Crippen MR) is 72.6 cm³/mol. The number of ether oxygens (including phenoxy) is 1. The molecule has 0 aliphatic carbocycles. The van der Waals surface area contributed by atoms with Crippen LogP contribution in [0.25, 0.3) is 0 Å². The number of nitrogens with zero attached hydrogens (tertiary/aromatic N) is 1. The summed E-state index contributed by atoms with van der Waals surface area (Å²) in [5, 5.41) is 6.22. The Morgan fingerprint density at radius 2 is 2.35 bits per heavy atom. The number of nitrogens with one attached hydrogen (secondary N) is 2. The molecule has 0 bridgehead atoms. The molecule has 1 aliphatic heterocycles. The van der Waals surface area contributed by atoms with Gasteiger partial charge in [-0.25, -0.2) is 0 Å². The van der Waals surface area contributed by atoms with Crippen LogP contribution in [0.4, 0.5) is 0 Å². The monoisotopic (exact) mass is 297 g/mol. The van der Waals surface area contributed by atoms with E-state index in [1.807, 2.05) is 7.05 Å². The molecule has 0 atom stereocenters. The van der Waals surface area contributed by atoms with Crippen LogP contribution in [0.2, 0.25) is 0 Å². The summed E-state index contributed by atoms with van der Waals surface area (Å²) in [6, 6.07) is 4.21. The van der Waals surface area contributed by atoms with Gasteiger partial charge in [-0.05, 0) is 17.7 Å². The van der Waals surface area contributed by atoms with Crippen LogP contribution in [0.3, 0.4) is 0 Å². The smallest absolute Gasteiger partial charge is 0.190 e. The largest absolute Gasteiger partial charge is 0.493 e. The van der Waals surface area contributed by atoms with Gasteiger partial charge in [-0.1, -0.05) is 15.9 Å². The van der Waals surface area contributed by atoms with Gasteiger partial charge in [0.15, 0.2) is 5.96 Å². The molecule has 92 valence electrons. The molecule has 1 aromatic rings. The van der Waals surface area contributed by atoms with E-state index in [0.29, 0.717) is 6.54 Å². The van der Waals surface area contributed by atoms with E-state index in [2.05, 4.69) is 43.7 Å². The zero-order chi connectivity index (χ0) is 12.3. The van der Waals surface area contributed by atoms with E-state index in [1.54, 1.807) is 7.05 Å². The topological polar surface area (TPSA) is 45.7 Å². The molecule has 0 saturated heterocycles. The molecule has 0 spiro atoms. The van der Waals surface area contributed by atoms with Crippen molar-refractivity contribution in [2.24, 2.45) is 4.99 Å². The highest BCUT2D eigenvalue weighted by Gasteiger charge is 2.17. The van der Waals surface area contributed by atoms with Gasteiger partial charge < -0.3 is 15.4 Å². The van der Waals surface area contributed by atoms with Crippen LogP contribution in [0.15, 0.2) is 21.6 Å². The van der Waals surface area contributed by atoms with E-state index in [1.165, 1.54) is 5.56 Å². The van der Waals surface area contributed by atoms with Gasteiger partial charge in [-0.2, -0.15) is 0 Å². The van der Waals surface area contributed by atoms with Crippen molar-refractivity contribution < 1.29 is 4.74 Å². The maximum absolute atomic E-state index is 5.66. The SMILES string of the molecule is CN=C(NC)NCc1cc(Br)cc2c1OCC2. The Hall–Kier alpha value is -1.23. The van der Waals surface area contributed by atoms with Crippen molar-refractivity contribution in [1.82, 2.24) is 10.6 Å². The molecular weight excluding hydrogens is 282 g/mol. The third-order valence-corrected chi connectivity index (χ3v) is 3.19. The number of halogens is 1. The van der Waals surface area contributed by atoms with Crippen molar-refractivity contribution in [3.05, 3.63) is 27.7 Å². The Morgan fingerprint density at radius 1 is 1.53 bits per heavy atom. The quantitative estimate of drug-likeness (QED) is 0.645. The number of rotatable bonds is 2. The molecule has 0 radical (unpaired) electrons. The molecular formula is C12H16BrN3O. The van der Waals surface area contributed by atoms with Gasteiger partial charge in [0.05, 0.1) is 6.61 Å². The zero-order valence-corrected chi connectivity index (χ0v) is 11.6. The number of hydrogen-bond acceptors (Lipinski definition) is 2. The van der Waals surface area contributed by atoms with Crippen molar-refractivity contribution in [3.8, 4) is 5.75 Å². The van der Waals surface area contributed by atoms with Crippen molar-refractivity contribution in [2.45, 2.75) is 13.0 Å². The lowest BCUT2D eigenvalue weighted by Crippen LogP contribution is -2.34. The van der Waals surface area contributed by atoms with Crippen molar-refractivity contribution in [1.29, 1.82) is 0 Å². The van der Waals surface area contributed by atoms with Gasteiger partial charge >= 0.3 is 0 Å². The third-order valence-electron chi connectivity index (χ3n) is 2.73. The second-order valence-corrected chi connectivity index (χ2v) is 4.74. The average Bonchev–Trinajstić information content (AvgIpc) is 2.78. The second-order valence-electron chi connectivity index (χ2n) is 3.83. The van der Waals surface area contributed by atoms with E-state index in [9.17, 15) is 0 Å². The number of benzene rings is 1. The van der Waals surface area contributed by atoms with E-state index < -0.39 is 0 Å². The summed E-state index contributed by atoms with van der Waals surface area (Å²) in [7, 11) is 3.60. The van der Waals surface area contributed by atoms with Crippen molar-refractivity contribution in [2.75, 3.05) is 20.7 Å². The van der Waals surface area contributed by atoms with Crippen molar-refractivity contribution in [3.63, 3.8) is 0 Å². The molecule has 2 N–H and O–H groups in total.